The Morgan fingerprint density at radius 3 is 2.72 bits per heavy atom. The molecule has 1 aromatic carbocycles. The predicted molar refractivity (Wildman–Crippen MR) is 97.7 cm³/mol. The van der Waals surface area contributed by atoms with E-state index in [2.05, 4.69) is 4.98 Å². The van der Waals surface area contributed by atoms with Gasteiger partial charge >= 0.3 is 5.97 Å². The molecule has 7 heteroatoms. The normalized spacial score (nSPS) is 12.3. The van der Waals surface area contributed by atoms with Crippen molar-refractivity contribution in [2.24, 2.45) is 0 Å². The van der Waals surface area contributed by atoms with Crippen molar-refractivity contribution in [2.45, 2.75) is 26.8 Å². The molecule has 0 saturated carbocycles. The van der Waals surface area contributed by atoms with E-state index >= 15 is 0 Å². The molecule has 6 nitrogen and oxygen atoms in total. The Balaban J connectivity index is 2.37. The van der Waals surface area contributed by atoms with Crippen LogP contribution in [0.4, 0.5) is 0 Å². The number of methoxy groups -OCH3 is 1. The molecule has 2 heterocycles. The number of rotatable bonds is 4. The number of carbonyl (C=O) groups is 1. The number of aromatic nitrogens is 2. The standard InChI is InChI=1S/C18H18N2O4S/c1-9(18(22)23)20-11(3)19-16-15(17(20)21)14(10(2)25-16)12-6-5-7-13(8-12)24-4/h5-9H,1-4H3,(H,22,23). The maximum atomic E-state index is 13.1. The molecule has 0 aliphatic carbocycles. The highest BCUT2D eigenvalue weighted by molar-refractivity contribution is 7.19. The van der Waals surface area contributed by atoms with Gasteiger partial charge in [0, 0.05) is 10.4 Å². The molecule has 0 fully saturated rings. The van der Waals surface area contributed by atoms with Gasteiger partial charge in [0.25, 0.3) is 5.56 Å². The zero-order valence-corrected chi connectivity index (χ0v) is 15.2. The first kappa shape index (κ1) is 17.2. The number of thiophene rings is 1. The maximum Gasteiger partial charge on any atom is 0.326 e. The third-order valence-electron chi connectivity index (χ3n) is 4.21. The Hall–Kier alpha value is -2.67. The van der Waals surface area contributed by atoms with Crippen LogP contribution < -0.4 is 10.3 Å². The van der Waals surface area contributed by atoms with E-state index in [4.69, 9.17) is 4.74 Å². The summed E-state index contributed by atoms with van der Waals surface area (Å²) in [5.74, 6) is 0.0163. The van der Waals surface area contributed by atoms with Crippen molar-refractivity contribution in [1.29, 1.82) is 0 Å². The molecule has 0 bridgehead atoms. The third kappa shape index (κ3) is 2.80. The number of hydrogen-bond acceptors (Lipinski definition) is 5. The zero-order valence-electron chi connectivity index (χ0n) is 14.4. The van der Waals surface area contributed by atoms with Gasteiger partial charge in [-0.25, -0.2) is 9.78 Å². The predicted octanol–water partition coefficient (Wildman–Crippen LogP) is 3.40. The molecule has 1 unspecified atom stereocenters. The number of aliphatic carboxylic acids is 1. The van der Waals surface area contributed by atoms with Crippen molar-refractivity contribution in [1.82, 2.24) is 9.55 Å². The van der Waals surface area contributed by atoms with E-state index in [-0.39, 0.29) is 5.56 Å². The maximum absolute atomic E-state index is 13.1. The lowest BCUT2D eigenvalue weighted by Gasteiger charge is -2.14. The number of fused-ring (bicyclic) bond motifs is 1. The van der Waals surface area contributed by atoms with Gasteiger partial charge in [0.05, 0.1) is 12.5 Å². The number of nitrogens with zero attached hydrogens (tertiary/aromatic N) is 2. The quantitative estimate of drug-likeness (QED) is 0.773. The van der Waals surface area contributed by atoms with Gasteiger partial charge in [-0.05, 0) is 38.5 Å². The average Bonchev–Trinajstić information content (AvgIpc) is 2.90. The van der Waals surface area contributed by atoms with Crippen LogP contribution in [0.3, 0.4) is 0 Å². The summed E-state index contributed by atoms with van der Waals surface area (Å²) in [5.41, 5.74) is 1.29. The van der Waals surface area contributed by atoms with Crippen LogP contribution in [0.15, 0.2) is 29.1 Å². The molecule has 130 valence electrons. The van der Waals surface area contributed by atoms with Crippen molar-refractivity contribution in [2.75, 3.05) is 7.11 Å². The topological polar surface area (TPSA) is 81.4 Å². The SMILES string of the molecule is COc1cccc(-c2c(C)sc3nc(C)n(C(C)C(=O)O)c(=O)c23)c1. The summed E-state index contributed by atoms with van der Waals surface area (Å²) >= 11 is 1.43. The highest BCUT2D eigenvalue weighted by atomic mass is 32.1. The van der Waals surface area contributed by atoms with Gasteiger partial charge in [0.15, 0.2) is 0 Å². The highest BCUT2D eigenvalue weighted by Crippen LogP contribution is 2.37. The smallest absolute Gasteiger partial charge is 0.326 e. The van der Waals surface area contributed by atoms with E-state index in [1.165, 1.54) is 22.8 Å². The summed E-state index contributed by atoms with van der Waals surface area (Å²) in [6.45, 7) is 5.07. The van der Waals surface area contributed by atoms with E-state index < -0.39 is 12.0 Å². The Bertz CT molecular complexity index is 1040. The van der Waals surface area contributed by atoms with Crippen molar-refractivity contribution in [3.8, 4) is 16.9 Å². The summed E-state index contributed by atoms with van der Waals surface area (Å²) in [4.78, 5) is 30.5. The van der Waals surface area contributed by atoms with E-state index in [0.717, 1.165) is 16.0 Å². The number of carboxylic acid groups (broad SMARTS) is 1. The van der Waals surface area contributed by atoms with Crippen LogP contribution in [0, 0.1) is 13.8 Å². The van der Waals surface area contributed by atoms with Gasteiger partial charge in [0.2, 0.25) is 0 Å². The molecule has 0 spiro atoms. The molecule has 0 radical (unpaired) electrons. The molecule has 1 N–H and O–H groups in total. The molecular formula is C18H18N2O4S. The summed E-state index contributed by atoms with van der Waals surface area (Å²) in [5, 5.41) is 9.77. The van der Waals surface area contributed by atoms with E-state index in [0.29, 0.717) is 21.8 Å². The lowest BCUT2D eigenvalue weighted by Crippen LogP contribution is -2.30. The van der Waals surface area contributed by atoms with Gasteiger partial charge in [-0.1, -0.05) is 12.1 Å². The fraction of sp³-hybridized carbons (Fsp3) is 0.278. The van der Waals surface area contributed by atoms with Crippen LogP contribution >= 0.6 is 11.3 Å². The van der Waals surface area contributed by atoms with Crippen molar-refractivity contribution in [3.63, 3.8) is 0 Å². The first-order valence-corrected chi connectivity index (χ1v) is 8.56. The Morgan fingerprint density at radius 1 is 1.36 bits per heavy atom. The minimum atomic E-state index is -1.07. The largest absolute Gasteiger partial charge is 0.497 e. The average molecular weight is 358 g/mol. The molecule has 0 saturated heterocycles. The zero-order chi connectivity index (χ0) is 18.3. The first-order chi connectivity index (χ1) is 11.8. The minimum absolute atomic E-state index is 0.334. The van der Waals surface area contributed by atoms with Crippen molar-refractivity contribution in [3.05, 3.63) is 45.3 Å². The lowest BCUT2D eigenvalue weighted by atomic mass is 10.0. The van der Waals surface area contributed by atoms with Crippen LogP contribution in [0.25, 0.3) is 21.3 Å². The number of ether oxygens (including phenoxy) is 1. The molecule has 3 aromatic rings. The van der Waals surface area contributed by atoms with E-state index in [1.807, 2.05) is 31.2 Å². The summed E-state index contributed by atoms with van der Waals surface area (Å²) in [7, 11) is 1.59. The number of carboxylic acids is 1. The number of benzene rings is 1. The third-order valence-corrected chi connectivity index (χ3v) is 5.21. The fourth-order valence-corrected chi connectivity index (χ4v) is 4.05. The van der Waals surface area contributed by atoms with Gasteiger partial charge in [0.1, 0.15) is 22.4 Å². The van der Waals surface area contributed by atoms with Crippen LogP contribution in [0.5, 0.6) is 5.75 Å². The molecule has 0 aliphatic rings. The second-order valence-electron chi connectivity index (χ2n) is 5.79. The Kier molecular flexibility index (Phi) is 4.34. The first-order valence-electron chi connectivity index (χ1n) is 7.74. The molecule has 3 rings (SSSR count). The highest BCUT2D eigenvalue weighted by Gasteiger charge is 2.23. The van der Waals surface area contributed by atoms with Crippen molar-refractivity contribution >= 4 is 27.5 Å². The van der Waals surface area contributed by atoms with Crippen LogP contribution in [-0.4, -0.2) is 27.7 Å². The molecule has 25 heavy (non-hydrogen) atoms. The van der Waals surface area contributed by atoms with Crippen LogP contribution in [0.1, 0.15) is 23.7 Å². The number of aryl methyl sites for hydroxylation is 2. The Morgan fingerprint density at radius 2 is 2.08 bits per heavy atom. The van der Waals surface area contributed by atoms with Crippen LogP contribution in [0.2, 0.25) is 0 Å². The van der Waals surface area contributed by atoms with Gasteiger partial charge in [-0.3, -0.25) is 9.36 Å². The van der Waals surface area contributed by atoms with E-state index in [1.54, 1.807) is 14.0 Å². The fourth-order valence-electron chi connectivity index (χ4n) is 2.97. The second-order valence-corrected chi connectivity index (χ2v) is 7.00. The van der Waals surface area contributed by atoms with Gasteiger partial charge in [-0.15, -0.1) is 11.3 Å². The molecule has 1 atom stereocenters. The summed E-state index contributed by atoms with van der Waals surface area (Å²) in [6.07, 6.45) is 0. The van der Waals surface area contributed by atoms with Crippen LogP contribution in [-0.2, 0) is 4.79 Å². The minimum Gasteiger partial charge on any atom is -0.497 e. The second kappa shape index (κ2) is 6.33. The lowest BCUT2D eigenvalue weighted by molar-refractivity contribution is -0.140. The van der Waals surface area contributed by atoms with Gasteiger partial charge < -0.3 is 9.84 Å². The van der Waals surface area contributed by atoms with Crippen molar-refractivity contribution < 1.29 is 14.6 Å². The molecule has 0 aliphatic heterocycles. The van der Waals surface area contributed by atoms with Gasteiger partial charge in [-0.2, -0.15) is 0 Å². The molecular weight excluding hydrogens is 340 g/mol. The van der Waals surface area contributed by atoms with E-state index in [9.17, 15) is 14.7 Å². The summed E-state index contributed by atoms with van der Waals surface area (Å²) < 4.78 is 6.51. The summed E-state index contributed by atoms with van der Waals surface area (Å²) in [6, 6.07) is 6.47. The Labute approximate surface area is 148 Å². The monoisotopic (exact) mass is 358 g/mol. The molecule has 2 aromatic heterocycles. The number of hydrogen-bond donors (Lipinski definition) is 1. The molecule has 0 amide bonds.